The topological polar surface area (TPSA) is 13.1 Å². The molecule has 0 saturated carbocycles. The molecule has 0 bridgehead atoms. The maximum Gasteiger partial charge on any atom is 0.143 e. The smallest absolute Gasteiger partial charge is 0.143 e. The van der Waals surface area contributed by atoms with E-state index in [-0.39, 0.29) is 0 Å². The van der Waals surface area contributed by atoms with Gasteiger partial charge in [0.05, 0.1) is 0 Å². The van der Waals surface area contributed by atoms with Crippen LogP contribution in [0, 0.1) is 6.07 Å². The van der Waals surface area contributed by atoms with Crippen molar-refractivity contribution in [2.75, 3.05) is 0 Å². The summed E-state index contributed by atoms with van der Waals surface area (Å²) in [4.78, 5) is 0. The molecule has 0 fully saturated rings. The van der Waals surface area contributed by atoms with Gasteiger partial charge in [0, 0.05) is 16.2 Å². The summed E-state index contributed by atoms with van der Waals surface area (Å²) in [5.41, 5.74) is 1.87. The minimum Gasteiger partial charge on any atom is -0.455 e. The molecule has 0 amide bonds. The Kier molecular flexibility index (Phi) is 1.61. The van der Waals surface area contributed by atoms with Crippen molar-refractivity contribution in [3.8, 4) is 0 Å². The zero-order valence-corrected chi connectivity index (χ0v) is 9.10. The van der Waals surface area contributed by atoms with Gasteiger partial charge in [0.25, 0.3) is 0 Å². The van der Waals surface area contributed by atoms with Crippen LogP contribution in [-0.2, 0) is 0 Å². The Bertz CT molecular complexity index is 840. The lowest BCUT2D eigenvalue weighted by atomic mass is 10.1. The summed E-state index contributed by atoms with van der Waals surface area (Å²) in [6.07, 6.45) is 0. The average Bonchev–Trinajstić information content (AvgIpc) is 2.78. The van der Waals surface area contributed by atoms with Crippen LogP contribution in [0.3, 0.4) is 0 Å². The molecule has 0 aliphatic carbocycles. The first-order valence-corrected chi connectivity index (χ1v) is 5.64. The molecule has 0 unspecified atom stereocenters. The van der Waals surface area contributed by atoms with E-state index in [4.69, 9.17) is 4.42 Å². The van der Waals surface area contributed by atoms with E-state index in [2.05, 4.69) is 30.3 Å². The van der Waals surface area contributed by atoms with Gasteiger partial charge in [-0.25, -0.2) is 0 Å². The van der Waals surface area contributed by atoms with Crippen LogP contribution in [0.2, 0.25) is 0 Å². The summed E-state index contributed by atoms with van der Waals surface area (Å²) >= 11 is 0. The number of para-hydroxylation sites is 1. The molecule has 1 heteroatoms. The Morgan fingerprint density at radius 1 is 0.824 bits per heavy atom. The fourth-order valence-electron chi connectivity index (χ4n) is 2.38. The van der Waals surface area contributed by atoms with Gasteiger partial charge in [0.15, 0.2) is 0 Å². The number of furan rings is 1. The number of hydrogen-bond acceptors (Lipinski definition) is 1. The Labute approximate surface area is 98.3 Å². The summed E-state index contributed by atoms with van der Waals surface area (Å²) in [6, 6.07) is 21.6. The van der Waals surface area contributed by atoms with E-state index >= 15 is 0 Å². The zero-order valence-electron chi connectivity index (χ0n) is 9.10. The number of rotatable bonds is 0. The first-order chi connectivity index (χ1) is 8.43. The standard InChI is InChI=1S/C16H9O/c1-2-6-12-11(5-1)9-10-14-13-7-3-4-8-15(13)17-16(12)14/h1-5,7-10H. The lowest BCUT2D eigenvalue weighted by molar-refractivity contribution is 0.672. The molecule has 1 aromatic heterocycles. The molecule has 4 aromatic rings. The predicted molar refractivity (Wildman–Crippen MR) is 70.1 cm³/mol. The summed E-state index contributed by atoms with van der Waals surface area (Å²) in [7, 11) is 0. The lowest BCUT2D eigenvalue weighted by Crippen LogP contribution is -1.72. The average molecular weight is 217 g/mol. The van der Waals surface area contributed by atoms with E-state index in [1.807, 2.05) is 30.3 Å². The second-order valence-corrected chi connectivity index (χ2v) is 4.17. The second-order valence-electron chi connectivity index (χ2n) is 4.17. The molecule has 0 aliphatic heterocycles. The molecule has 1 nitrogen and oxygen atoms in total. The Morgan fingerprint density at radius 2 is 1.76 bits per heavy atom. The van der Waals surface area contributed by atoms with Crippen molar-refractivity contribution in [1.29, 1.82) is 0 Å². The third kappa shape index (κ3) is 1.14. The summed E-state index contributed by atoms with van der Waals surface area (Å²) < 4.78 is 5.93. The van der Waals surface area contributed by atoms with Crippen LogP contribution in [0.1, 0.15) is 0 Å². The number of benzene rings is 3. The maximum atomic E-state index is 5.93. The largest absolute Gasteiger partial charge is 0.455 e. The van der Waals surface area contributed by atoms with Gasteiger partial charge >= 0.3 is 0 Å². The van der Waals surface area contributed by atoms with E-state index in [9.17, 15) is 0 Å². The molecule has 0 saturated heterocycles. The Morgan fingerprint density at radius 3 is 2.76 bits per heavy atom. The van der Waals surface area contributed by atoms with E-state index < -0.39 is 0 Å². The zero-order chi connectivity index (χ0) is 11.2. The van der Waals surface area contributed by atoms with Gasteiger partial charge in [-0.1, -0.05) is 42.5 Å². The van der Waals surface area contributed by atoms with Crippen LogP contribution < -0.4 is 0 Å². The summed E-state index contributed by atoms with van der Waals surface area (Å²) in [5, 5.41) is 4.55. The molecule has 0 aliphatic rings. The van der Waals surface area contributed by atoms with Crippen molar-refractivity contribution in [2.24, 2.45) is 0 Å². The fraction of sp³-hybridized carbons (Fsp3) is 0. The molecule has 4 rings (SSSR count). The molecule has 0 N–H and O–H groups in total. The fourth-order valence-corrected chi connectivity index (χ4v) is 2.38. The molecular weight excluding hydrogens is 208 g/mol. The second kappa shape index (κ2) is 3.11. The van der Waals surface area contributed by atoms with E-state index in [1.165, 1.54) is 10.8 Å². The van der Waals surface area contributed by atoms with Crippen LogP contribution in [0.15, 0.2) is 59.0 Å². The third-order valence-electron chi connectivity index (χ3n) is 3.18. The highest BCUT2D eigenvalue weighted by atomic mass is 16.3. The monoisotopic (exact) mass is 217 g/mol. The highest BCUT2D eigenvalue weighted by Gasteiger charge is 2.08. The van der Waals surface area contributed by atoms with Crippen LogP contribution in [0.25, 0.3) is 32.7 Å². The minimum atomic E-state index is 0.935. The first kappa shape index (κ1) is 8.82. The highest BCUT2D eigenvalue weighted by Crippen LogP contribution is 2.33. The molecule has 1 radical (unpaired) electrons. The van der Waals surface area contributed by atoms with E-state index in [1.54, 1.807) is 0 Å². The van der Waals surface area contributed by atoms with Gasteiger partial charge in [-0.15, -0.1) is 0 Å². The van der Waals surface area contributed by atoms with Gasteiger partial charge in [-0.05, 0) is 23.6 Å². The molecular formula is C16H9O. The SMILES string of the molecule is [c]1cccc2ccc3c4ccccc4oc3c12. The Hall–Kier alpha value is -2.28. The first-order valence-electron chi connectivity index (χ1n) is 5.64. The highest BCUT2D eigenvalue weighted by molar-refractivity contribution is 6.14. The molecule has 79 valence electrons. The minimum absolute atomic E-state index is 0.935. The van der Waals surface area contributed by atoms with Crippen molar-refractivity contribution in [3.05, 3.63) is 60.7 Å². The predicted octanol–water partition coefficient (Wildman–Crippen LogP) is 4.54. The van der Waals surface area contributed by atoms with Gasteiger partial charge in [0.2, 0.25) is 0 Å². The van der Waals surface area contributed by atoms with E-state index in [0.29, 0.717) is 0 Å². The number of hydrogen-bond donors (Lipinski definition) is 0. The molecule has 1 heterocycles. The quantitative estimate of drug-likeness (QED) is 0.421. The van der Waals surface area contributed by atoms with Gasteiger partial charge < -0.3 is 4.42 Å². The Balaban J connectivity index is 2.34. The maximum absolute atomic E-state index is 5.93. The van der Waals surface area contributed by atoms with Crippen molar-refractivity contribution >= 4 is 32.7 Å². The normalized spacial score (nSPS) is 11.5. The van der Waals surface area contributed by atoms with Crippen molar-refractivity contribution in [2.45, 2.75) is 0 Å². The number of fused-ring (bicyclic) bond motifs is 5. The van der Waals surface area contributed by atoms with Crippen molar-refractivity contribution < 1.29 is 4.42 Å². The van der Waals surface area contributed by atoms with Crippen molar-refractivity contribution in [1.82, 2.24) is 0 Å². The summed E-state index contributed by atoms with van der Waals surface area (Å²) in [6.45, 7) is 0. The van der Waals surface area contributed by atoms with Crippen LogP contribution in [0.4, 0.5) is 0 Å². The van der Waals surface area contributed by atoms with Gasteiger partial charge in [-0.3, -0.25) is 0 Å². The molecule has 0 spiro atoms. The van der Waals surface area contributed by atoms with Crippen LogP contribution >= 0.6 is 0 Å². The third-order valence-corrected chi connectivity index (χ3v) is 3.18. The van der Waals surface area contributed by atoms with Crippen LogP contribution in [-0.4, -0.2) is 0 Å². The lowest BCUT2D eigenvalue weighted by Gasteiger charge is -1.96. The molecule has 3 aromatic carbocycles. The van der Waals surface area contributed by atoms with Crippen molar-refractivity contribution in [3.63, 3.8) is 0 Å². The van der Waals surface area contributed by atoms with Crippen LogP contribution in [0.5, 0.6) is 0 Å². The van der Waals surface area contributed by atoms with Gasteiger partial charge in [-0.2, -0.15) is 0 Å². The molecule has 17 heavy (non-hydrogen) atoms. The molecule has 0 atom stereocenters. The summed E-state index contributed by atoms with van der Waals surface area (Å²) in [5.74, 6) is 0. The van der Waals surface area contributed by atoms with E-state index in [0.717, 1.165) is 21.9 Å². The van der Waals surface area contributed by atoms with Gasteiger partial charge in [0.1, 0.15) is 11.2 Å².